The number of ether oxygens (including phenoxy) is 2. The molecule has 1 fully saturated rings. The lowest BCUT2D eigenvalue weighted by molar-refractivity contribution is -0.151. The highest BCUT2D eigenvalue weighted by Crippen LogP contribution is 2.60. The zero-order chi connectivity index (χ0) is 37.2. The van der Waals surface area contributed by atoms with Crippen molar-refractivity contribution in [1.82, 2.24) is 4.90 Å². The predicted molar refractivity (Wildman–Crippen MR) is 204 cm³/mol. The molecule has 10 nitrogen and oxygen atoms in total. The molecule has 5 atom stereocenters. The SMILES string of the molecule is C[C@@H]1[C@@H]([Si](C)(C)O)[C@H](CC(=O)N2Cc3ccccc3C[C@H]2CO)O[C@@]12C(=O)N(Cc1ccc(N3C(=O)COc4ccccc43)cc1)c1ccc(Cl)cc12. The molecule has 0 aliphatic carbocycles. The van der Waals surface area contributed by atoms with Crippen molar-refractivity contribution in [3.05, 3.63) is 118 Å². The number of para-hydroxylation sites is 2. The van der Waals surface area contributed by atoms with Crippen LogP contribution in [0.2, 0.25) is 23.7 Å². The van der Waals surface area contributed by atoms with Crippen LogP contribution in [0, 0.1) is 5.92 Å². The fourth-order valence-electron chi connectivity index (χ4n) is 9.06. The van der Waals surface area contributed by atoms with Crippen LogP contribution in [-0.4, -0.2) is 66.2 Å². The Bertz CT molecular complexity index is 2110. The molecule has 1 saturated heterocycles. The van der Waals surface area contributed by atoms with E-state index in [1.165, 1.54) is 0 Å². The molecule has 0 aromatic heterocycles. The van der Waals surface area contributed by atoms with Crippen molar-refractivity contribution in [3.63, 3.8) is 0 Å². The molecule has 274 valence electrons. The van der Waals surface area contributed by atoms with E-state index in [4.69, 9.17) is 21.1 Å². The second kappa shape index (κ2) is 13.4. The lowest BCUT2D eigenvalue weighted by Crippen LogP contribution is -2.48. The maximum absolute atomic E-state index is 14.9. The number of aliphatic hydroxyl groups excluding tert-OH is 1. The molecule has 0 saturated carbocycles. The van der Waals surface area contributed by atoms with Crippen molar-refractivity contribution in [2.75, 3.05) is 23.0 Å². The molecule has 4 aliphatic rings. The molecule has 4 aromatic rings. The van der Waals surface area contributed by atoms with Gasteiger partial charge in [0.05, 0.1) is 43.1 Å². The minimum absolute atomic E-state index is 0.0412. The molecule has 0 bridgehead atoms. The Balaban J connectivity index is 1.09. The number of carbonyl (C=O) groups excluding carboxylic acids is 3. The zero-order valence-electron chi connectivity index (χ0n) is 29.9. The van der Waals surface area contributed by atoms with Crippen LogP contribution in [-0.2, 0) is 44.2 Å². The van der Waals surface area contributed by atoms with Gasteiger partial charge in [0.1, 0.15) is 5.75 Å². The van der Waals surface area contributed by atoms with Gasteiger partial charge in [-0.3, -0.25) is 19.3 Å². The number of amides is 3. The number of carbonyl (C=O) groups is 3. The summed E-state index contributed by atoms with van der Waals surface area (Å²) in [4.78, 5) is 58.8. The van der Waals surface area contributed by atoms with Crippen molar-refractivity contribution in [1.29, 1.82) is 0 Å². The van der Waals surface area contributed by atoms with Crippen molar-refractivity contribution in [2.45, 2.75) is 69.2 Å². The third-order valence-corrected chi connectivity index (χ3v) is 14.2. The Morgan fingerprint density at radius 2 is 1.68 bits per heavy atom. The standard InChI is InChI=1S/C41H42ClN3O7Si/c1-25-39(53(2,3)50)36(20-37(47)43-22-28-9-5-4-8-27(28)18-31(43)23-46)52-41(25)32-19-29(42)14-17-33(32)44(40(41)49)21-26-12-15-30(16-13-26)45-34-10-6-7-11-35(34)51-24-38(45)48/h4-17,19,25,31,36,39,46,50H,18,20-24H2,1-3H3/t25-,31+,36+,39-,41+/m1/s1. The Morgan fingerprint density at radius 1 is 0.962 bits per heavy atom. The van der Waals surface area contributed by atoms with Gasteiger partial charge in [-0.1, -0.05) is 67.1 Å². The summed E-state index contributed by atoms with van der Waals surface area (Å²) in [6.07, 6.45) is -0.241. The van der Waals surface area contributed by atoms with E-state index in [0.717, 1.165) is 16.7 Å². The fourth-order valence-corrected chi connectivity index (χ4v) is 11.8. The van der Waals surface area contributed by atoms with Crippen LogP contribution in [0.25, 0.3) is 0 Å². The average molecular weight is 752 g/mol. The van der Waals surface area contributed by atoms with E-state index < -0.39 is 31.5 Å². The fraction of sp³-hybridized carbons (Fsp3) is 0.341. The minimum atomic E-state index is -3.05. The van der Waals surface area contributed by atoms with Gasteiger partial charge in [-0.2, -0.15) is 0 Å². The Kier molecular flexibility index (Phi) is 8.98. The molecule has 4 heterocycles. The summed E-state index contributed by atoms with van der Waals surface area (Å²) in [5.41, 5.74) is 3.68. The molecule has 12 heteroatoms. The van der Waals surface area contributed by atoms with Gasteiger partial charge in [0.2, 0.25) is 5.91 Å². The first-order valence-corrected chi connectivity index (χ1v) is 21.4. The van der Waals surface area contributed by atoms with Gasteiger partial charge in [-0.05, 0) is 78.7 Å². The number of fused-ring (bicyclic) bond motifs is 4. The van der Waals surface area contributed by atoms with E-state index in [-0.39, 0.29) is 49.9 Å². The highest BCUT2D eigenvalue weighted by molar-refractivity contribution is 6.71. The van der Waals surface area contributed by atoms with E-state index in [1.54, 1.807) is 26.8 Å². The number of halogens is 1. The van der Waals surface area contributed by atoms with Crippen LogP contribution < -0.4 is 14.5 Å². The second-order valence-electron chi connectivity index (χ2n) is 15.1. The van der Waals surface area contributed by atoms with Gasteiger partial charge < -0.3 is 29.2 Å². The van der Waals surface area contributed by atoms with Crippen LogP contribution in [0.15, 0.2) is 91.0 Å². The number of aliphatic hydroxyl groups is 1. The van der Waals surface area contributed by atoms with Crippen LogP contribution >= 0.6 is 11.6 Å². The molecule has 3 amide bonds. The van der Waals surface area contributed by atoms with Gasteiger partial charge >= 0.3 is 0 Å². The van der Waals surface area contributed by atoms with E-state index in [9.17, 15) is 24.3 Å². The number of hydrogen-bond donors (Lipinski definition) is 2. The topological polar surface area (TPSA) is 120 Å². The Hall–Kier alpha value is -4.52. The molecule has 53 heavy (non-hydrogen) atoms. The first-order chi connectivity index (χ1) is 25.4. The summed E-state index contributed by atoms with van der Waals surface area (Å²) >= 11 is 6.60. The molecule has 0 unspecified atom stereocenters. The Morgan fingerprint density at radius 3 is 2.42 bits per heavy atom. The molecule has 0 radical (unpaired) electrons. The van der Waals surface area contributed by atoms with Gasteiger partial charge in [0.25, 0.3) is 11.8 Å². The van der Waals surface area contributed by atoms with Gasteiger partial charge in [-0.15, -0.1) is 0 Å². The van der Waals surface area contributed by atoms with Gasteiger partial charge in [-0.25, -0.2) is 0 Å². The molecular formula is C41H42ClN3O7Si. The Labute approximate surface area is 314 Å². The highest BCUT2D eigenvalue weighted by atomic mass is 35.5. The monoisotopic (exact) mass is 751 g/mol. The number of rotatable bonds is 7. The lowest BCUT2D eigenvalue weighted by atomic mass is 9.82. The molecule has 4 aliphatic heterocycles. The summed E-state index contributed by atoms with van der Waals surface area (Å²) in [5, 5.41) is 10.7. The highest BCUT2D eigenvalue weighted by Gasteiger charge is 2.66. The quantitative estimate of drug-likeness (QED) is 0.220. The van der Waals surface area contributed by atoms with Crippen LogP contribution in [0.1, 0.15) is 35.6 Å². The predicted octanol–water partition coefficient (Wildman–Crippen LogP) is 6.08. The number of nitrogens with zero attached hydrogens (tertiary/aromatic N) is 3. The van der Waals surface area contributed by atoms with Crippen molar-refractivity contribution < 1.29 is 33.8 Å². The maximum Gasteiger partial charge on any atom is 0.269 e. The average Bonchev–Trinajstić information content (AvgIpc) is 3.56. The summed E-state index contributed by atoms with van der Waals surface area (Å²) in [6.45, 7) is 5.95. The third kappa shape index (κ3) is 5.95. The van der Waals surface area contributed by atoms with E-state index >= 15 is 0 Å². The smallest absolute Gasteiger partial charge is 0.269 e. The van der Waals surface area contributed by atoms with Crippen LogP contribution in [0.3, 0.4) is 0 Å². The largest absolute Gasteiger partial charge is 0.482 e. The van der Waals surface area contributed by atoms with Gasteiger partial charge in [0.15, 0.2) is 20.5 Å². The van der Waals surface area contributed by atoms with Gasteiger partial charge in [0, 0.05) is 34.3 Å². The zero-order valence-corrected chi connectivity index (χ0v) is 31.6. The number of benzene rings is 4. The minimum Gasteiger partial charge on any atom is -0.482 e. The lowest BCUT2D eigenvalue weighted by Gasteiger charge is -2.37. The second-order valence-corrected chi connectivity index (χ2v) is 19.5. The van der Waals surface area contributed by atoms with Crippen LogP contribution in [0.4, 0.5) is 17.1 Å². The number of anilines is 3. The van der Waals surface area contributed by atoms with E-state index in [2.05, 4.69) is 0 Å². The van der Waals surface area contributed by atoms with Crippen LogP contribution in [0.5, 0.6) is 5.75 Å². The summed E-state index contributed by atoms with van der Waals surface area (Å²) in [5.74, 6) is -0.492. The molecule has 4 aromatic carbocycles. The molecule has 2 N–H and O–H groups in total. The number of hydrogen-bond acceptors (Lipinski definition) is 7. The maximum atomic E-state index is 14.9. The van der Waals surface area contributed by atoms with E-state index in [0.29, 0.717) is 46.4 Å². The molecule has 8 rings (SSSR count). The third-order valence-electron chi connectivity index (χ3n) is 11.5. The summed E-state index contributed by atoms with van der Waals surface area (Å²) in [7, 11) is -3.05. The summed E-state index contributed by atoms with van der Waals surface area (Å²) < 4.78 is 12.5. The first-order valence-electron chi connectivity index (χ1n) is 18.0. The first kappa shape index (κ1) is 35.5. The summed E-state index contributed by atoms with van der Waals surface area (Å²) in [6, 6.07) is 27.8. The van der Waals surface area contributed by atoms with Crippen molar-refractivity contribution in [3.8, 4) is 5.75 Å². The van der Waals surface area contributed by atoms with Crippen molar-refractivity contribution in [2.24, 2.45) is 5.92 Å². The normalized spacial score (nSPS) is 25.0. The molecular weight excluding hydrogens is 710 g/mol. The van der Waals surface area contributed by atoms with E-state index in [1.807, 2.05) is 98.9 Å². The van der Waals surface area contributed by atoms with Crippen molar-refractivity contribution >= 4 is 54.7 Å². The molecule has 1 spiro atoms.